The zero-order valence-corrected chi connectivity index (χ0v) is 11.7. The number of fused-ring (bicyclic) bond motifs is 1. The number of likely N-dealkylation sites (N-methyl/N-ethyl adjacent to an activating group) is 1. The van der Waals surface area contributed by atoms with Gasteiger partial charge in [0, 0.05) is 0 Å². The van der Waals surface area contributed by atoms with Crippen molar-refractivity contribution in [2.45, 2.75) is 43.1 Å². The molecule has 0 saturated carbocycles. The van der Waals surface area contributed by atoms with E-state index >= 15 is 0 Å². The van der Waals surface area contributed by atoms with Crippen LogP contribution in [0.2, 0.25) is 0 Å². The third kappa shape index (κ3) is 2.49. The SMILES string of the molecule is CN[C@H]1CCS[C@H]2CCCC(C(=O)OC)N2C1=O. The molecule has 2 aliphatic rings. The van der Waals surface area contributed by atoms with Crippen molar-refractivity contribution >= 4 is 23.6 Å². The van der Waals surface area contributed by atoms with E-state index in [0.717, 1.165) is 25.0 Å². The Morgan fingerprint density at radius 1 is 1.44 bits per heavy atom. The lowest BCUT2D eigenvalue weighted by Crippen LogP contribution is -2.56. The standard InChI is InChI=1S/C12H20N2O3S/c1-13-8-6-7-18-10-5-3-4-9(12(16)17-2)14(10)11(8)15/h8-10,13H,3-7H2,1-2H3/t8-,9?,10-/m0/s1. The molecule has 0 aromatic rings. The minimum atomic E-state index is -0.400. The number of ether oxygens (including phenoxy) is 1. The highest BCUT2D eigenvalue weighted by Gasteiger charge is 2.42. The van der Waals surface area contributed by atoms with Crippen molar-refractivity contribution in [2.24, 2.45) is 0 Å². The molecule has 0 aromatic carbocycles. The van der Waals surface area contributed by atoms with Gasteiger partial charge in [0.15, 0.2) is 0 Å². The van der Waals surface area contributed by atoms with Crippen LogP contribution in [-0.4, -0.2) is 54.1 Å². The Bertz CT molecular complexity index is 337. The van der Waals surface area contributed by atoms with Crippen molar-refractivity contribution < 1.29 is 14.3 Å². The van der Waals surface area contributed by atoms with Crippen molar-refractivity contribution in [2.75, 3.05) is 19.9 Å². The monoisotopic (exact) mass is 272 g/mol. The number of rotatable bonds is 2. The van der Waals surface area contributed by atoms with Gasteiger partial charge in [0.05, 0.1) is 18.5 Å². The van der Waals surface area contributed by atoms with E-state index in [0.29, 0.717) is 6.42 Å². The number of carbonyl (C=O) groups is 2. The van der Waals surface area contributed by atoms with Gasteiger partial charge in [0.25, 0.3) is 0 Å². The number of nitrogens with zero attached hydrogens (tertiary/aromatic N) is 1. The summed E-state index contributed by atoms with van der Waals surface area (Å²) >= 11 is 1.78. The summed E-state index contributed by atoms with van der Waals surface area (Å²) in [6.45, 7) is 0. The van der Waals surface area contributed by atoms with Gasteiger partial charge in [-0.1, -0.05) is 0 Å². The molecule has 2 fully saturated rings. The first-order chi connectivity index (χ1) is 8.69. The molecule has 3 atom stereocenters. The zero-order valence-electron chi connectivity index (χ0n) is 10.8. The normalized spacial score (nSPS) is 32.7. The van der Waals surface area contributed by atoms with Crippen LogP contribution in [0.15, 0.2) is 0 Å². The molecule has 102 valence electrons. The molecule has 6 heteroatoms. The predicted molar refractivity (Wildman–Crippen MR) is 70.2 cm³/mol. The Morgan fingerprint density at radius 2 is 2.22 bits per heavy atom. The largest absolute Gasteiger partial charge is 0.467 e. The number of hydrogen-bond donors (Lipinski definition) is 1. The molecule has 2 aliphatic heterocycles. The molecule has 0 radical (unpaired) electrons. The Morgan fingerprint density at radius 3 is 2.89 bits per heavy atom. The molecule has 2 rings (SSSR count). The van der Waals surface area contributed by atoms with Gasteiger partial charge in [-0.3, -0.25) is 4.79 Å². The zero-order chi connectivity index (χ0) is 13.1. The van der Waals surface area contributed by atoms with Crippen LogP contribution in [0.25, 0.3) is 0 Å². The van der Waals surface area contributed by atoms with Crippen LogP contribution >= 0.6 is 11.8 Å². The van der Waals surface area contributed by atoms with Crippen LogP contribution in [-0.2, 0) is 14.3 Å². The highest BCUT2D eigenvalue weighted by Crippen LogP contribution is 2.34. The van der Waals surface area contributed by atoms with E-state index in [2.05, 4.69) is 5.32 Å². The minimum Gasteiger partial charge on any atom is -0.467 e. The van der Waals surface area contributed by atoms with Gasteiger partial charge < -0.3 is 15.0 Å². The van der Waals surface area contributed by atoms with E-state index in [1.807, 2.05) is 0 Å². The van der Waals surface area contributed by atoms with Gasteiger partial charge in [-0.2, -0.15) is 0 Å². The van der Waals surface area contributed by atoms with Gasteiger partial charge in [-0.25, -0.2) is 4.79 Å². The Labute approximate surface area is 112 Å². The third-order valence-corrected chi connectivity index (χ3v) is 4.98. The molecule has 0 aromatic heterocycles. The third-order valence-electron chi connectivity index (χ3n) is 3.67. The number of carbonyl (C=O) groups excluding carboxylic acids is 2. The second kappa shape index (κ2) is 5.93. The summed E-state index contributed by atoms with van der Waals surface area (Å²) in [5, 5.41) is 3.18. The van der Waals surface area contributed by atoms with Crippen molar-refractivity contribution in [3.63, 3.8) is 0 Å². The first kappa shape index (κ1) is 13.7. The second-order valence-electron chi connectivity index (χ2n) is 4.67. The number of nitrogens with one attached hydrogen (secondary N) is 1. The van der Waals surface area contributed by atoms with Crippen LogP contribution in [0.5, 0.6) is 0 Å². The van der Waals surface area contributed by atoms with Crippen molar-refractivity contribution in [3.05, 3.63) is 0 Å². The van der Waals surface area contributed by atoms with E-state index in [9.17, 15) is 9.59 Å². The van der Waals surface area contributed by atoms with Gasteiger partial charge in [-0.05, 0) is 38.5 Å². The van der Waals surface area contributed by atoms with E-state index in [4.69, 9.17) is 4.74 Å². The molecule has 1 amide bonds. The molecule has 0 bridgehead atoms. The fraction of sp³-hybridized carbons (Fsp3) is 0.833. The minimum absolute atomic E-state index is 0.0441. The van der Waals surface area contributed by atoms with Gasteiger partial charge in [0.2, 0.25) is 5.91 Å². The van der Waals surface area contributed by atoms with E-state index < -0.39 is 6.04 Å². The summed E-state index contributed by atoms with van der Waals surface area (Å²) in [6.07, 6.45) is 3.48. The first-order valence-electron chi connectivity index (χ1n) is 6.38. The van der Waals surface area contributed by atoms with Crippen molar-refractivity contribution in [3.8, 4) is 0 Å². The van der Waals surface area contributed by atoms with E-state index in [-0.39, 0.29) is 23.3 Å². The van der Waals surface area contributed by atoms with Gasteiger partial charge in [0.1, 0.15) is 6.04 Å². The molecule has 0 aliphatic carbocycles. The molecule has 2 heterocycles. The summed E-state index contributed by atoms with van der Waals surface area (Å²) in [7, 11) is 3.18. The highest BCUT2D eigenvalue weighted by atomic mass is 32.2. The Kier molecular flexibility index (Phi) is 4.50. The molecular weight excluding hydrogens is 252 g/mol. The predicted octanol–water partition coefficient (Wildman–Crippen LogP) is 0.591. The summed E-state index contributed by atoms with van der Waals surface area (Å²) in [5.41, 5.74) is 0. The van der Waals surface area contributed by atoms with Crippen molar-refractivity contribution in [1.82, 2.24) is 10.2 Å². The van der Waals surface area contributed by atoms with E-state index in [1.165, 1.54) is 7.11 Å². The fourth-order valence-electron chi connectivity index (χ4n) is 2.68. The fourth-order valence-corrected chi connectivity index (χ4v) is 4.07. The summed E-state index contributed by atoms with van der Waals surface area (Å²) in [6, 6.07) is -0.574. The maximum Gasteiger partial charge on any atom is 0.328 e. The smallest absolute Gasteiger partial charge is 0.328 e. The number of hydrogen-bond acceptors (Lipinski definition) is 5. The average molecular weight is 272 g/mol. The summed E-state index contributed by atoms with van der Waals surface area (Å²) in [5.74, 6) is 0.708. The van der Waals surface area contributed by atoms with Crippen molar-refractivity contribution in [1.29, 1.82) is 0 Å². The molecule has 18 heavy (non-hydrogen) atoms. The number of methoxy groups -OCH3 is 1. The number of esters is 1. The average Bonchev–Trinajstić information content (AvgIpc) is 2.57. The van der Waals surface area contributed by atoms with Crippen LogP contribution in [0.4, 0.5) is 0 Å². The Balaban J connectivity index is 2.23. The molecular formula is C12H20N2O3S. The van der Waals surface area contributed by atoms with E-state index in [1.54, 1.807) is 23.7 Å². The van der Waals surface area contributed by atoms with Crippen LogP contribution < -0.4 is 5.32 Å². The number of amides is 1. The topological polar surface area (TPSA) is 58.6 Å². The van der Waals surface area contributed by atoms with Crippen LogP contribution in [0.1, 0.15) is 25.7 Å². The quantitative estimate of drug-likeness (QED) is 0.746. The summed E-state index contributed by atoms with van der Waals surface area (Å²) in [4.78, 5) is 26.1. The lowest BCUT2D eigenvalue weighted by molar-refractivity contribution is -0.156. The number of thioether (sulfide) groups is 1. The molecule has 1 unspecified atom stereocenters. The molecule has 2 saturated heterocycles. The number of piperidine rings is 1. The molecule has 0 spiro atoms. The Hall–Kier alpha value is -0.750. The summed E-state index contributed by atoms with van der Waals surface area (Å²) < 4.78 is 4.83. The van der Waals surface area contributed by atoms with Crippen LogP contribution in [0, 0.1) is 0 Å². The second-order valence-corrected chi connectivity index (χ2v) is 5.96. The first-order valence-corrected chi connectivity index (χ1v) is 7.42. The van der Waals surface area contributed by atoms with Crippen LogP contribution in [0.3, 0.4) is 0 Å². The molecule has 5 nitrogen and oxygen atoms in total. The van der Waals surface area contributed by atoms with Gasteiger partial charge in [-0.15, -0.1) is 11.8 Å². The lowest BCUT2D eigenvalue weighted by atomic mass is 10.0. The maximum atomic E-state index is 12.5. The lowest BCUT2D eigenvalue weighted by Gasteiger charge is -2.40. The highest BCUT2D eigenvalue weighted by molar-refractivity contribution is 7.99. The maximum absolute atomic E-state index is 12.5. The van der Waals surface area contributed by atoms with Gasteiger partial charge >= 0.3 is 5.97 Å². The molecule has 1 N–H and O–H groups in total.